The van der Waals surface area contributed by atoms with Crippen LogP contribution in [0.1, 0.15) is 19.3 Å². The quantitative estimate of drug-likeness (QED) is 0.680. The van der Waals surface area contributed by atoms with E-state index in [0.717, 1.165) is 38.6 Å². The monoisotopic (exact) mass is 211 g/mol. The Morgan fingerprint density at radius 3 is 2.73 bits per heavy atom. The van der Waals surface area contributed by atoms with Crippen molar-refractivity contribution in [2.45, 2.75) is 19.3 Å². The third-order valence-electron chi connectivity index (χ3n) is 3.45. The van der Waals surface area contributed by atoms with Gasteiger partial charge < -0.3 is 15.5 Å². The maximum atomic E-state index is 11.5. The van der Waals surface area contributed by atoms with Crippen LogP contribution in [0.5, 0.6) is 0 Å². The lowest BCUT2D eigenvalue weighted by Crippen LogP contribution is -2.48. The molecule has 0 atom stereocenters. The number of piperidine rings is 1. The SMILES string of the molecule is O=C1CNCCN1CCC1CCNCC1. The summed E-state index contributed by atoms with van der Waals surface area (Å²) in [6.45, 7) is 5.65. The zero-order valence-electron chi connectivity index (χ0n) is 9.30. The van der Waals surface area contributed by atoms with Gasteiger partial charge in [-0.2, -0.15) is 0 Å². The van der Waals surface area contributed by atoms with Crippen molar-refractivity contribution in [3.05, 3.63) is 0 Å². The molecule has 2 N–H and O–H groups in total. The summed E-state index contributed by atoms with van der Waals surface area (Å²) in [5.41, 5.74) is 0. The predicted molar refractivity (Wildman–Crippen MR) is 59.7 cm³/mol. The Labute approximate surface area is 91.4 Å². The van der Waals surface area contributed by atoms with Crippen molar-refractivity contribution in [1.29, 1.82) is 0 Å². The van der Waals surface area contributed by atoms with Crippen LogP contribution in [0.15, 0.2) is 0 Å². The minimum Gasteiger partial charge on any atom is -0.340 e. The van der Waals surface area contributed by atoms with E-state index in [4.69, 9.17) is 0 Å². The molecule has 0 aliphatic carbocycles. The normalized spacial score (nSPS) is 24.5. The summed E-state index contributed by atoms with van der Waals surface area (Å²) in [5, 5.41) is 6.47. The molecule has 2 heterocycles. The van der Waals surface area contributed by atoms with Crippen LogP contribution in [0.3, 0.4) is 0 Å². The van der Waals surface area contributed by atoms with Crippen molar-refractivity contribution in [1.82, 2.24) is 15.5 Å². The van der Waals surface area contributed by atoms with E-state index >= 15 is 0 Å². The topological polar surface area (TPSA) is 44.4 Å². The minimum absolute atomic E-state index is 0.273. The lowest BCUT2D eigenvalue weighted by atomic mass is 9.94. The van der Waals surface area contributed by atoms with Crippen LogP contribution in [-0.2, 0) is 4.79 Å². The smallest absolute Gasteiger partial charge is 0.236 e. The van der Waals surface area contributed by atoms with Crippen LogP contribution >= 0.6 is 0 Å². The average Bonchev–Trinajstić information content (AvgIpc) is 2.29. The van der Waals surface area contributed by atoms with E-state index in [-0.39, 0.29) is 5.91 Å². The zero-order chi connectivity index (χ0) is 10.5. The molecule has 0 spiro atoms. The van der Waals surface area contributed by atoms with Gasteiger partial charge in [-0.3, -0.25) is 4.79 Å². The number of carbonyl (C=O) groups is 1. The number of carbonyl (C=O) groups excluding carboxylic acids is 1. The van der Waals surface area contributed by atoms with Gasteiger partial charge >= 0.3 is 0 Å². The van der Waals surface area contributed by atoms with Gasteiger partial charge in [-0.25, -0.2) is 0 Å². The number of hydrogen-bond acceptors (Lipinski definition) is 3. The van der Waals surface area contributed by atoms with Crippen molar-refractivity contribution in [3.8, 4) is 0 Å². The molecule has 4 heteroatoms. The molecule has 0 saturated carbocycles. The summed E-state index contributed by atoms with van der Waals surface area (Å²) in [7, 11) is 0. The molecule has 86 valence electrons. The Hall–Kier alpha value is -0.610. The molecule has 0 radical (unpaired) electrons. The van der Waals surface area contributed by atoms with Gasteiger partial charge in [0, 0.05) is 19.6 Å². The van der Waals surface area contributed by atoms with Gasteiger partial charge in [0.2, 0.25) is 5.91 Å². The molecule has 2 aliphatic rings. The maximum absolute atomic E-state index is 11.5. The van der Waals surface area contributed by atoms with Gasteiger partial charge in [0.05, 0.1) is 6.54 Å². The molecule has 0 aromatic rings. The number of rotatable bonds is 3. The highest BCUT2D eigenvalue weighted by Crippen LogP contribution is 2.16. The Morgan fingerprint density at radius 1 is 1.20 bits per heavy atom. The van der Waals surface area contributed by atoms with Gasteiger partial charge in [-0.05, 0) is 38.3 Å². The van der Waals surface area contributed by atoms with Crippen LogP contribution in [0.4, 0.5) is 0 Å². The van der Waals surface area contributed by atoms with E-state index in [1.165, 1.54) is 19.3 Å². The van der Waals surface area contributed by atoms with E-state index in [9.17, 15) is 4.79 Å². The van der Waals surface area contributed by atoms with Crippen molar-refractivity contribution in [2.24, 2.45) is 5.92 Å². The molecule has 2 saturated heterocycles. The number of hydrogen-bond donors (Lipinski definition) is 2. The summed E-state index contributed by atoms with van der Waals surface area (Å²) < 4.78 is 0. The molecule has 2 aliphatic heterocycles. The standard InChI is InChI=1S/C11H21N3O/c15-11-9-13-6-8-14(11)7-3-10-1-4-12-5-2-10/h10,12-13H,1-9H2. The fourth-order valence-electron chi connectivity index (χ4n) is 2.39. The van der Waals surface area contributed by atoms with Crippen molar-refractivity contribution >= 4 is 5.91 Å². The highest BCUT2D eigenvalue weighted by Gasteiger charge is 2.19. The fraction of sp³-hybridized carbons (Fsp3) is 0.909. The predicted octanol–water partition coefficient (Wildman–Crippen LogP) is -0.192. The van der Waals surface area contributed by atoms with Crippen molar-refractivity contribution in [3.63, 3.8) is 0 Å². The molecular formula is C11H21N3O. The lowest BCUT2D eigenvalue weighted by Gasteiger charge is -2.30. The molecular weight excluding hydrogens is 190 g/mol. The van der Waals surface area contributed by atoms with Gasteiger partial charge in [0.25, 0.3) is 0 Å². The molecule has 0 aromatic carbocycles. The van der Waals surface area contributed by atoms with Gasteiger partial charge in [0.15, 0.2) is 0 Å². The average molecular weight is 211 g/mol. The first-order valence-corrected chi connectivity index (χ1v) is 6.05. The van der Waals surface area contributed by atoms with E-state index < -0.39 is 0 Å². The second kappa shape index (κ2) is 5.47. The van der Waals surface area contributed by atoms with Gasteiger partial charge in [-0.1, -0.05) is 0 Å². The Kier molecular flexibility index (Phi) is 3.97. The molecule has 15 heavy (non-hydrogen) atoms. The number of amides is 1. The first-order chi connectivity index (χ1) is 7.36. The Morgan fingerprint density at radius 2 is 2.00 bits per heavy atom. The molecule has 1 amide bonds. The van der Waals surface area contributed by atoms with Crippen LogP contribution in [-0.4, -0.2) is 50.1 Å². The van der Waals surface area contributed by atoms with Crippen LogP contribution < -0.4 is 10.6 Å². The number of nitrogens with one attached hydrogen (secondary N) is 2. The molecule has 2 fully saturated rings. The van der Waals surface area contributed by atoms with Gasteiger partial charge in [0.1, 0.15) is 0 Å². The van der Waals surface area contributed by atoms with Gasteiger partial charge in [-0.15, -0.1) is 0 Å². The zero-order valence-corrected chi connectivity index (χ0v) is 9.30. The first kappa shape index (κ1) is 10.9. The number of piperazine rings is 1. The van der Waals surface area contributed by atoms with E-state index in [1.54, 1.807) is 0 Å². The fourth-order valence-corrected chi connectivity index (χ4v) is 2.39. The largest absolute Gasteiger partial charge is 0.340 e. The number of nitrogens with zero attached hydrogens (tertiary/aromatic N) is 1. The molecule has 0 unspecified atom stereocenters. The van der Waals surface area contributed by atoms with Crippen LogP contribution in [0.25, 0.3) is 0 Å². The van der Waals surface area contributed by atoms with Crippen molar-refractivity contribution < 1.29 is 4.79 Å². The highest BCUT2D eigenvalue weighted by atomic mass is 16.2. The Balaban J connectivity index is 1.69. The summed E-state index contributed by atoms with van der Waals surface area (Å²) in [5.74, 6) is 1.10. The van der Waals surface area contributed by atoms with E-state index in [2.05, 4.69) is 10.6 Å². The maximum Gasteiger partial charge on any atom is 0.236 e. The second-order valence-electron chi connectivity index (χ2n) is 4.54. The Bertz CT molecular complexity index is 214. The van der Waals surface area contributed by atoms with Crippen LogP contribution in [0.2, 0.25) is 0 Å². The van der Waals surface area contributed by atoms with E-state index in [1.807, 2.05) is 4.90 Å². The lowest BCUT2D eigenvalue weighted by molar-refractivity contribution is -0.132. The minimum atomic E-state index is 0.273. The second-order valence-corrected chi connectivity index (χ2v) is 4.54. The van der Waals surface area contributed by atoms with E-state index in [0.29, 0.717) is 6.54 Å². The third-order valence-corrected chi connectivity index (χ3v) is 3.45. The summed E-state index contributed by atoms with van der Waals surface area (Å²) in [4.78, 5) is 13.5. The first-order valence-electron chi connectivity index (χ1n) is 6.05. The molecule has 0 bridgehead atoms. The molecule has 4 nitrogen and oxygen atoms in total. The van der Waals surface area contributed by atoms with Crippen LogP contribution in [0, 0.1) is 5.92 Å². The van der Waals surface area contributed by atoms with Crippen molar-refractivity contribution in [2.75, 3.05) is 39.3 Å². The third kappa shape index (κ3) is 3.18. The summed E-state index contributed by atoms with van der Waals surface area (Å²) in [6, 6.07) is 0. The molecule has 0 aromatic heterocycles. The summed E-state index contributed by atoms with van der Waals surface area (Å²) >= 11 is 0. The summed E-state index contributed by atoms with van der Waals surface area (Å²) in [6.07, 6.45) is 3.74. The molecule has 2 rings (SSSR count). The highest BCUT2D eigenvalue weighted by molar-refractivity contribution is 5.78.